The van der Waals surface area contributed by atoms with Crippen LogP contribution in [-0.2, 0) is 4.79 Å². The lowest BCUT2D eigenvalue weighted by Gasteiger charge is -2.15. The van der Waals surface area contributed by atoms with Crippen LogP contribution in [0.25, 0.3) is 0 Å². The number of primary amides is 1. The van der Waals surface area contributed by atoms with E-state index in [1.807, 2.05) is 13.8 Å². The number of amides is 1. The molecule has 1 unspecified atom stereocenters. The quantitative estimate of drug-likeness (QED) is 0.755. The molecule has 0 fully saturated rings. The van der Waals surface area contributed by atoms with Crippen molar-refractivity contribution in [1.29, 1.82) is 0 Å². The normalized spacial score (nSPS) is 12.2. The third kappa shape index (κ3) is 5.26. The zero-order chi connectivity index (χ0) is 14.3. The number of ether oxygens (including phenoxy) is 1. The van der Waals surface area contributed by atoms with Crippen molar-refractivity contribution in [3.05, 3.63) is 29.6 Å². The third-order valence-corrected chi connectivity index (χ3v) is 2.73. The van der Waals surface area contributed by atoms with Crippen molar-refractivity contribution in [2.75, 3.05) is 13.2 Å². The summed E-state index contributed by atoms with van der Waals surface area (Å²) in [4.78, 5) is 11.2. The molecule has 0 radical (unpaired) electrons. The van der Waals surface area contributed by atoms with Gasteiger partial charge in [-0.2, -0.15) is 0 Å². The molecule has 4 nitrogen and oxygen atoms in total. The first-order chi connectivity index (χ1) is 9.04. The minimum Gasteiger partial charge on any atom is -0.490 e. The van der Waals surface area contributed by atoms with Crippen LogP contribution in [0.1, 0.15) is 25.3 Å². The van der Waals surface area contributed by atoms with E-state index in [0.29, 0.717) is 13.0 Å². The van der Waals surface area contributed by atoms with E-state index in [4.69, 9.17) is 10.5 Å². The predicted molar refractivity (Wildman–Crippen MR) is 72.5 cm³/mol. The SMILES string of the molecule is CCCNC(CCOc1cc(C)ccc1F)C(N)=O. The van der Waals surface area contributed by atoms with Gasteiger partial charge in [0.25, 0.3) is 0 Å². The predicted octanol–water partition coefficient (Wildman–Crippen LogP) is 1.76. The van der Waals surface area contributed by atoms with Gasteiger partial charge in [0.1, 0.15) is 0 Å². The lowest BCUT2D eigenvalue weighted by Crippen LogP contribution is -2.42. The molecule has 1 atom stereocenters. The molecule has 1 amide bonds. The molecule has 0 aliphatic rings. The van der Waals surface area contributed by atoms with Crippen LogP contribution in [0.3, 0.4) is 0 Å². The van der Waals surface area contributed by atoms with Crippen LogP contribution in [0.15, 0.2) is 18.2 Å². The Bertz CT molecular complexity index is 424. The number of nitrogens with one attached hydrogen (secondary N) is 1. The monoisotopic (exact) mass is 268 g/mol. The Morgan fingerprint density at radius 1 is 1.53 bits per heavy atom. The Morgan fingerprint density at radius 2 is 2.26 bits per heavy atom. The van der Waals surface area contributed by atoms with Crippen molar-refractivity contribution in [3.8, 4) is 5.75 Å². The Morgan fingerprint density at radius 3 is 2.89 bits per heavy atom. The molecule has 3 N–H and O–H groups in total. The number of rotatable bonds is 8. The summed E-state index contributed by atoms with van der Waals surface area (Å²) in [5, 5.41) is 3.03. The molecule has 0 aromatic heterocycles. The lowest BCUT2D eigenvalue weighted by molar-refractivity contribution is -0.120. The summed E-state index contributed by atoms with van der Waals surface area (Å²) in [6, 6.07) is 4.24. The van der Waals surface area contributed by atoms with E-state index < -0.39 is 17.8 Å². The number of aryl methyl sites for hydroxylation is 1. The molecular weight excluding hydrogens is 247 g/mol. The fourth-order valence-electron chi connectivity index (χ4n) is 1.67. The molecule has 0 aliphatic carbocycles. The maximum Gasteiger partial charge on any atom is 0.234 e. The van der Waals surface area contributed by atoms with Crippen molar-refractivity contribution in [2.45, 2.75) is 32.7 Å². The van der Waals surface area contributed by atoms with Crippen LogP contribution >= 0.6 is 0 Å². The van der Waals surface area contributed by atoms with Crippen LogP contribution in [0.5, 0.6) is 5.75 Å². The summed E-state index contributed by atoms with van der Waals surface area (Å²) in [6.07, 6.45) is 1.33. The van der Waals surface area contributed by atoms with E-state index in [1.54, 1.807) is 12.1 Å². The van der Waals surface area contributed by atoms with Gasteiger partial charge < -0.3 is 15.8 Å². The summed E-state index contributed by atoms with van der Waals surface area (Å²) < 4.78 is 18.8. The molecule has 0 heterocycles. The van der Waals surface area contributed by atoms with Gasteiger partial charge >= 0.3 is 0 Å². The zero-order valence-corrected chi connectivity index (χ0v) is 11.4. The highest BCUT2D eigenvalue weighted by atomic mass is 19.1. The second kappa shape index (κ2) is 7.74. The molecule has 1 aromatic rings. The van der Waals surface area contributed by atoms with Gasteiger partial charge in [-0.25, -0.2) is 4.39 Å². The van der Waals surface area contributed by atoms with Gasteiger partial charge in [0, 0.05) is 6.42 Å². The minimum absolute atomic E-state index is 0.207. The van der Waals surface area contributed by atoms with E-state index >= 15 is 0 Å². The van der Waals surface area contributed by atoms with Gasteiger partial charge in [-0.3, -0.25) is 4.79 Å². The van der Waals surface area contributed by atoms with E-state index in [1.165, 1.54) is 6.07 Å². The van der Waals surface area contributed by atoms with Gasteiger partial charge in [0.15, 0.2) is 11.6 Å². The Kier molecular flexibility index (Phi) is 6.29. The van der Waals surface area contributed by atoms with Gasteiger partial charge in [-0.15, -0.1) is 0 Å². The molecule has 106 valence electrons. The van der Waals surface area contributed by atoms with Crippen molar-refractivity contribution in [2.24, 2.45) is 5.73 Å². The number of halogens is 1. The standard InChI is InChI=1S/C14H21FN2O2/c1-3-7-17-12(14(16)18)6-8-19-13-9-10(2)4-5-11(13)15/h4-5,9,12,17H,3,6-8H2,1-2H3,(H2,16,18). The summed E-state index contributed by atoms with van der Waals surface area (Å²) in [5.41, 5.74) is 6.20. The number of benzene rings is 1. The first kappa shape index (κ1) is 15.4. The molecule has 1 rings (SSSR count). The topological polar surface area (TPSA) is 64.3 Å². The van der Waals surface area contributed by atoms with E-state index in [9.17, 15) is 9.18 Å². The highest BCUT2D eigenvalue weighted by molar-refractivity contribution is 5.79. The van der Waals surface area contributed by atoms with Gasteiger partial charge in [-0.1, -0.05) is 13.0 Å². The van der Waals surface area contributed by atoms with Crippen molar-refractivity contribution in [1.82, 2.24) is 5.32 Å². The smallest absolute Gasteiger partial charge is 0.234 e. The summed E-state index contributed by atoms with van der Waals surface area (Å²) >= 11 is 0. The van der Waals surface area contributed by atoms with Crippen molar-refractivity contribution in [3.63, 3.8) is 0 Å². The highest BCUT2D eigenvalue weighted by Gasteiger charge is 2.14. The summed E-state index contributed by atoms with van der Waals surface area (Å²) in [5.74, 6) is -0.608. The van der Waals surface area contributed by atoms with Gasteiger partial charge in [0.2, 0.25) is 5.91 Å². The first-order valence-electron chi connectivity index (χ1n) is 6.46. The zero-order valence-electron chi connectivity index (χ0n) is 11.4. The highest BCUT2D eigenvalue weighted by Crippen LogP contribution is 2.18. The van der Waals surface area contributed by atoms with E-state index in [2.05, 4.69) is 5.32 Å². The number of hydrogen-bond donors (Lipinski definition) is 2. The third-order valence-electron chi connectivity index (χ3n) is 2.73. The Hall–Kier alpha value is -1.62. The molecule has 0 bridgehead atoms. The van der Waals surface area contributed by atoms with Crippen molar-refractivity contribution < 1.29 is 13.9 Å². The molecular formula is C14H21FN2O2. The van der Waals surface area contributed by atoms with E-state index in [-0.39, 0.29) is 12.4 Å². The fourth-order valence-corrected chi connectivity index (χ4v) is 1.67. The summed E-state index contributed by atoms with van der Waals surface area (Å²) in [7, 11) is 0. The fraction of sp³-hybridized carbons (Fsp3) is 0.500. The molecule has 0 spiro atoms. The molecule has 1 aromatic carbocycles. The summed E-state index contributed by atoms with van der Waals surface area (Å²) in [6.45, 7) is 4.82. The van der Waals surface area contributed by atoms with Crippen LogP contribution in [0.4, 0.5) is 4.39 Å². The number of carbonyl (C=O) groups excluding carboxylic acids is 1. The Balaban J connectivity index is 2.47. The van der Waals surface area contributed by atoms with Crippen LogP contribution in [0.2, 0.25) is 0 Å². The lowest BCUT2D eigenvalue weighted by atomic mass is 10.2. The second-order valence-electron chi connectivity index (χ2n) is 4.48. The molecule has 19 heavy (non-hydrogen) atoms. The first-order valence-corrected chi connectivity index (χ1v) is 6.46. The average molecular weight is 268 g/mol. The molecule has 0 aliphatic heterocycles. The van der Waals surface area contributed by atoms with Crippen LogP contribution in [0, 0.1) is 12.7 Å². The van der Waals surface area contributed by atoms with Crippen molar-refractivity contribution >= 4 is 5.91 Å². The van der Waals surface area contributed by atoms with Crippen LogP contribution < -0.4 is 15.8 Å². The maximum absolute atomic E-state index is 13.4. The number of hydrogen-bond acceptors (Lipinski definition) is 3. The molecule has 0 saturated heterocycles. The number of carbonyl (C=O) groups is 1. The largest absolute Gasteiger partial charge is 0.490 e. The maximum atomic E-state index is 13.4. The average Bonchev–Trinajstić information content (AvgIpc) is 2.37. The molecule has 0 saturated carbocycles. The van der Waals surface area contributed by atoms with Gasteiger partial charge in [0.05, 0.1) is 12.6 Å². The number of nitrogens with two attached hydrogens (primary N) is 1. The van der Waals surface area contributed by atoms with Gasteiger partial charge in [-0.05, 0) is 37.6 Å². The van der Waals surface area contributed by atoms with E-state index in [0.717, 1.165) is 12.0 Å². The Labute approximate surface area is 113 Å². The second-order valence-corrected chi connectivity index (χ2v) is 4.48. The molecule has 5 heteroatoms. The minimum atomic E-state index is -0.437. The van der Waals surface area contributed by atoms with Crippen LogP contribution in [-0.4, -0.2) is 25.1 Å².